The Hall–Kier alpha value is -2.22. The molecule has 23 heavy (non-hydrogen) atoms. The van der Waals surface area contributed by atoms with Crippen molar-refractivity contribution in [3.05, 3.63) is 24.3 Å². The second-order valence-electron chi connectivity index (χ2n) is 5.21. The zero-order valence-corrected chi connectivity index (χ0v) is 13.4. The first-order valence-electron chi connectivity index (χ1n) is 7.12. The van der Waals surface area contributed by atoms with Crippen molar-refractivity contribution in [2.75, 3.05) is 32.6 Å². The molecule has 2 aliphatic rings. The van der Waals surface area contributed by atoms with Crippen LogP contribution in [0.25, 0.3) is 0 Å². The predicted octanol–water partition coefficient (Wildman–Crippen LogP) is 0.980. The van der Waals surface area contributed by atoms with Crippen LogP contribution in [-0.2, 0) is 9.59 Å². The monoisotopic (exact) mass is 336 g/mol. The molecule has 0 unspecified atom stereocenters. The minimum absolute atomic E-state index is 0.107. The summed E-state index contributed by atoms with van der Waals surface area (Å²) >= 11 is 1.01. The second kappa shape index (κ2) is 6.49. The molecule has 1 aromatic rings. The molecule has 7 nitrogen and oxygen atoms in total. The molecular formula is C15H16N2O5S. The molecule has 0 atom stereocenters. The lowest BCUT2D eigenvalue weighted by Gasteiger charge is -2.42. The molecule has 1 aromatic carbocycles. The lowest BCUT2D eigenvalue weighted by Crippen LogP contribution is -2.62. The van der Waals surface area contributed by atoms with Gasteiger partial charge < -0.3 is 14.4 Å². The van der Waals surface area contributed by atoms with E-state index in [1.54, 1.807) is 23.1 Å². The van der Waals surface area contributed by atoms with Crippen molar-refractivity contribution in [3.63, 3.8) is 0 Å². The first kappa shape index (κ1) is 15.7. The van der Waals surface area contributed by atoms with Crippen molar-refractivity contribution in [1.29, 1.82) is 0 Å². The van der Waals surface area contributed by atoms with Crippen LogP contribution in [0.3, 0.4) is 0 Å². The van der Waals surface area contributed by atoms with Crippen LogP contribution >= 0.6 is 11.8 Å². The van der Waals surface area contributed by atoms with Gasteiger partial charge in [-0.05, 0) is 12.1 Å². The number of hydrogen-bond acceptors (Lipinski definition) is 6. The number of methoxy groups -OCH3 is 1. The van der Waals surface area contributed by atoms with Gasteiger partial charge in [-0.2, -0.15) is 0 Å². The number of carbonyl (C=O) groups is 3. The summed E-state index contributed by atoms with van der Waals surface area (Å²) < 4.78 is 10.6. The molecule has 2 saturated heterocycles. The third-order valence-corrected chi connectivity index (χ3v) is 4.62. The Kier molecular flexibility index (Phi) is 4.42. The minimum atomic E-state index is -0.225. The van der Waals surface area contributed by atoms with Gasteiger partial charge >= 0.3 is 0 Å². The Morgan fingerprint density at radius 3 is 2.57 bits per heavy atom. The Morgan fingerprint density at radius 2 is 1.96 bits per heavy atom. The average molecular weight is 336 g/mol. The Balaban J connectivity index is 1.49. The van der Waals surface area contributed by atoms with Gasteiger partial charge in [0, 0.05) is 13.1 Å². The zero-order valence-electron chi connectivity index (χ0n) is 12.6. The van der Waals surface area contributed by atoms with Crippen LogP contribution in [0.15, 0.2) is 24.3 Å². The number of amides is 3. The highest BCUT2D eigenvalue weighted by Crippen LogP contribution is 2.27. The summed E-state index contributed by atoms with van der Waals surface area (Å²) in [6.07, 6.45) is 0. The maximum Gasteiger partial charge on any atom is 0.289 e. The SMILES string of the molecule is COc1ccccc1OCC(=O)N1CC(N2C(=O)CSC2=O)C1. The molecule has 2 aliphatic heterocycles. The Bertz CT molecular complexity index is 629. The van der Waals surface area contributed by atoms with Crippen molar-refractivity contribution < 1.29 is 23.9 Å². The lowest BCUT2D eigenvalue weighted by molar-refractivity contribution is -0.143. The minimum Gasteiger partial charge on any atom is -0.493 e. The smallest absolute Gasteiger partial charge is 0.289 e. The molecule has 0 radical (unpaired) electrons. The number of ether oxygens (including phenoxy) is 2. The highest BCUT2D eigenvalue weighted by Gasteiger charge is 2.43. The Labute approximate surface area is 137 Å². The molecule has 0 N–H and O–H groups in total. The number of carbonyl (C=O) groups excluding carboxylic acids is 3. The van der Waals surface area contributed by atoms with Crippen LogP contribution in [0.1, 0.15) is 0 Å². The number of thioether (sulfide) groups is 1. The van der Waals surface area contributed by atoms with E-state index in [-0.39, 0.29) is 35.5 Å². The van der Waals surface area contributed by atoms with E-state index >= 15 is 0 Å². The van der Waals surface area contributed by atoms with Gasteiger partial charge in [0.2, 0.25) is 5.91 Å². The van der Waals surface area contributed by atoms with E-state index in [4.69, 9.17) is 9.47 Å². The zero-order chi connectivity index (χ0) is 16.4. The van der Waals surface area contributed by atoms with Crippen LogP contribution in [0.4, 0.5) is 4.79 Å². The molecule has 2 fully saturated rings. The molecule has 2 heterocycles. The summed E-state index contributed by atoms with van der Waals surface area (Å²) in [6.45, 7) is 0.627. The average Bonchev–Trinajstić information content (AvgIpc) is 2.84. The van der Waals surface area contributed by atoms with Crippen LogP contribution in [0.2, 0.25) is 0 Å². The van der Waals surface area contributed by atoms with Gasteiger partial charge in [0.05, 0.1) is 18.9 Å². The second-order valence-corrected chi connectivity index (χ2v) is 6.14. The third-order valence-electron chi connectivity index (χ3n) is 3.78. The van der Waals surface area contributed by atoms with Gasteiger partial charge in [-0.3, -0.25) is 19.3 Å². The van der Waals surface area contributed by atoms with Crippen LogP contribution in [0, 0.1) is 0 Å². The van der Waals surface area contributed by atoms with Gasteiger partial charge in [-0.15, -0.1) is 0 Å². The summed E-state index contributed by atoms with van der Waals surface area (Å²) in [6, 6.07) is 6.88. The molecular weight excluding hydrogens is 320 g/mol. The van der Waals surface area contributed by atoms with Gasteiger partial charge in [0.15, 0.2) is 18.1 Å². The topological polar surface area (TPSA) is 76.2 Å². The van der Waals surface area contributed by atoms with Gasteiger partial charge in [0.1, 0.15) is 0 Å². The van der Waals surface area contributed by atoms with E-state index in [0.29, 0.717) is 24.6 Å². The fraction of sp³-hybridized carbons (Fsp3) is 0.400. The van der Waals surface area contributed by atoms with Crippen molar-refractivity contribution in [2.45, 2.75) is 6.04 Å². The normalized spacial score (nSPS) is 18.1. The van der Waals surface area contributed by atoms with Crippen LogP contribution in [-0.4, -0.2) is 65.5 Å². The molecule has 0 aliphatic carbocycles. The standard InChI is InChI=1S/C15H16N2O5S/c1-21-11-4-2-3-5-12(11)22-8-13(18)16-6-10(7-16)17-14(19)9-23-15(17)20/h2-5,10H,6-9H2,1H3. The number of para-hydroxylation sites is 2. The highest BCUT2D eigenvalue weighted by atomic mass is 32.2. The summed E-state index contributed by atoms with van der Waals surface area (Å²) in [5, 5.41) is -0.225. The van der Waals surface area contributed by atoms with Crippen molar-refractivity contribution in [1.82, 2.24) is 9.80 Å². The molecule has 8 heteroatoms. The quantitative estimate of drug-likeness (QED) is 0.798. The lowest BCUT2D eigenvalue weighted by atomic mass is 10.1. The fourth-order valence-corrected chi connectivity index (χ4v) is 3.28. The predicted molar refractivity (Wildman–Crippen MR) is 83.6 cm³/mol. The van der Waals surface area contributed by atoms with Crippen molar-refractivity contribution >= 4 is 28.8 Å². The largest absolute Gasteiger partial charge is 0.493 e. The van der Waals surface area contributed by atoms with E-state index in [9.17, 15) is 14.4 Å². The Morgan fingerprint density at radius 1 is 1.26 bits per heavy atom. The summed E-state index contributed by atoms with van der Waals surface area (Å²) in [4.78, 5) is 38.1. The molecule has 3 amide bonds. The molecule has 0 aromatic heterocycles. The maximum absolute atomic E-state index is 12.1. The highest BCUT2D eigenvalue weighted by molar-refractivity contribution is 8.14. The van der Waals surface area contributed by atoms with Gasteiger partial charge in [0.25, 0.3) is 11.1 Å². The molecule has 0 saturated carbocycles. The summed E-state index contributed by atoms with van der Waals surface area (Å²) in [5.74, 6) is 0.898. The fourth-order valence-electron chi connectivity index (χ4n) is 2.51. The van der Waals surface area contributed by atoms with Crippen LogP contribution in [0.5, 0.6) is 11.5 Å². The number of likely N-dealkylation sites (tertiary alicyclic amines) is 1. The number of hydrogen-bond donors (Lipinski definition) is 0. The third kappa shape index (κ3) is 3.12. The van der Waals surface area contributed by atoms with Crippen molar-refractivity contribution in [2.24, 2.45) is 0 Å². The molecule has 0 bridgehead atoms. The number of benzene rings is 1. The number of imide groups is 1. The van der Waals surface area contributed by atoms with Crippen LogP contribution < -0.4 is 9.47 Å². The molecule has 0 spiro atoms. The first-order chi connectivity index (χ1) is 11.1. The van der Waals surface area contributed by atoms with E-state index in [1.165, 1.54) is 12.0 Å². The van der Waals surface area contributed by atoms with Crippen molar-refractivity contribution in [3.8, 4) is 11.5 Å². The van der Waals surface area contributed by atoms with E-state index in [2.05, 4.69) is 0 Å². The number of rotatable bonds is 5. The van der Waals surface area contributed by atoms with E-state index in [0.717, 1.165) is 11.8 Å². The molecule has 122 valence electrons. The molecule has 3 rings (SSSR count). The van der Waals surface area contributed by atoms with E-state index in [1.807, 2.05) is 6.07 Å². The van der Waals surface area contributed by atoms with Gasteiger partial charge in [-0.1, -0.05) is 23.9 Å². The first-order valence-corrected chi connectivity index (χ1v) is 8.11. The summed E-state index contributed by atoms with van der Waals surface area (Å²) in [5.41, 5.74) is 0. The van der Waals surface area contributed by atoms with Gasteiger partial charge in [-0.25, -0.2) is 0 Å². The maximum atomic E-state index is 12.1. The summed E-state index contributed by atoms with van der Waals surface area (Å²) in [7, 11) is 1.53. The van der Waals surface area contributed by atoms with E-state index < -0.39 is 0 Å². The number of nitrogens with zero attached hydrogens (tertiary/aromatic N) is 2.